The zero-order valence-corrected chi connectivity index (χ0v) is 17.7. The summed E-state index contributed by atoms with van der Waals surface area (Å²) in [6.45, 7) is 11.7. The second kappa shape index (κ2) is 10.7. The highest BCUT2D eigenvalue weighted by Crippen LogP contribution is 2.24. The summed E-state index contributed by atoms with van der Waals surface area (Å²) < 4.78 is 11.3. The van der Waals surface area contributed by atoms with Crippen molar-refractivity contribution in [2.75, 3.05) is 33.4 Å². The second-order valence-corrected chi connectivity index (χ2v) is 7.90. The molecule has 1 atom stereocenters. The van der Waals surface area contributed by atoms with Gasteiger partial charge in [-0.1, -0.05) is 38.1 Å². The molecule has 0 saturated carbocycles. The number of nitrogens with zero attached hydrogens (tertiary/aromatic N) is 1. The molecule has 0 aliphatic carbocycles. The minimum atomic E-state index is -0.206. The van der Waals surface area contributed by atoms with Gasteiger partial charge in [-0.05, 0) is 37.3 Å². The fraction of sp³-hybridized carbons (Fsp3) is 0.682. The lowest BCUT2D eigenvalue weighted by Crippen LogP contribution is -2.44. The van der Waals surface area contributed by atoms with Gasteiger partial charge in [0.2, 0.25) is 0 Å². The van der Waals surface area contributed by atoms with Crippen LogP contribution >= 0.6 is 0 Å². The molecule has 1 aromatic rings. The van der Waals surface area contributed by atoms with Crippen LogP contribution in [0.2, 0.25) is 0 Å². The number of benzene rings is 1. The van der Waals surface area contributed by atoms with Gasteiger partial charge in [0.15, 0.2) is 5.96 Å². The van der Waals surface area contributed by atoms with Gasteiger partial charge in [-0.3, -0.25) is 4.99 Å². The van der Waals surface area contributed by atoms with Gasteiger partial charge in [-0.25, -0.2) is 0 Å². The van der Waals surface area contributed by atoms with Crippen molar-refractivity contribution in [1.82, 2.24) is 10.6 Å². The lowest BCUT2D eigenvalue weighted by atomic mass is 9.94. The van der Waals surface area contributed by atoms with Gasteiger partial charge in [-0.15, -0.1) is 0 Å². The van der Waals surface area contributed by atoms with Crippen molar-refractivity contribution in [3.63, 3.8) is 0 Å². The molecule has 0 spiro atoms. The first-order valence-electron chi connectivity index (χ1n) is 10.2. The minimum Gasteiger partial charge on any atom is -0.381 e. The van der Waals surface area contributed by atoms with E-state index in [4.69, 9.17) is 14.5 Å². The van der Waals surface area contributed by atoms with Crippen molar-refractivity contribution >= 4 is 5.96 Å². The molecule has 1 aliphatic rings. The topological polar surface area (TPSA) is 54.9 Å². The highest BCUT2D eigenvalue weighted by atomic mass is 16.5. The third-order valence-corrected chi connectivity index (χ3v) is 5.18. The normalized spacial score (nSPS) is 18.4. The van der Waals surface area contributed by atoms with Crippen LogP contribution in [0.5, 0.6) is 0 Å². The van der Waals surface area contributed by atoms with E-state index in [0.717, 1.165) is 45.0 Å². The first-order valence-corrected chi connectivity index (χ1v) is 10.2. The Hall–Kier alpha value is -1.59. The summed E-state index contributed by atoms with van der Waals surface area (Å²) in [6, 6.07) is 9.09. The molecule has 2 rings (SSSR count). The van der Waals surface area contributed by atoms with Crippen LogP contribution in [0.4, 0.5) is 0 Å². The SMILES string of the molecule is CCNC(=NCC1(OC)CCOCC1)NC(C)c1ccc(CC(C)C)cc1. The van der Waals surface area contributed by atoms with Crippen molar-refractivity contribution in [3.8, 4) is 0 Å². The molecule has 5 nitrogen and oxygen atoms in total. The Kier molecular flexibility index (Phi) is 8.58. The van der Waals surface area contributed by atoms with E-state index in [1.54, 1.807) is 7.11 Å². The summed E-state index contributed by atoms with van der Waals surface area (Å²) in [7, 11) is 1.78. The molecule has 5 heteroatoms. The maximum atomic E-state index is 5.80. The standard InChI is InChI=1S/C22H37N3O2/c1-6-23-21(24-16-22(26-5)11-13-27-14-12-22)25-18(4)20-9-7-19(8-10-20)15-17(2)3/h7-10,17-18H,6,11-16H2,1-5H3,(H2,23,24,25). The average molecular weight is 376 g/mol. The lowest BCUT2D eigenvalue weighted by Gasteiger charge is -2.34. The lowest BCUT2D eigenvalue weighted by molar-refractivity contribution is -0.0828. The van der Waals surface area contributed by atoms with Crippen LogP contribution < -0.4 is 10.6 Å². The van der Waals surface area contributed by atoms with Crippen molar-refractivity contribution < 1.29 is 9.47 Å². The predicted molar refractivity (Wildman–Crippen MR) is 112 cm³/mol. The average Bonchev–Trinajstić information content (AvgIpc) is 2.67. The van der Waals surface area contributed by atoms with Crippen LogP contribution in [-0.2, 0) is 15.9 Å². The van der Waals surface area contributed by atoms with Gasteiger partial charge < -0.3 is 20.1 Å². The quantitative estimate of drug-likeness (QED) is 0.537. The van der Waals surface area contributed by atoms with E-state index in [9.17, 15) is 0 Å². The van der Waals surface area contributed by atoms with E-state index in [1.807, 2.05) is 0 Å². The van der Waals surface area contributed by atoms with Crippen molar-refractivity contribution in [2.45, 2.75) is 58.6 Å². The first kappa shape index (κ1) is 21.7. The highest BCUT2D eigenvalue weighted by Gasteiger charge is 2.32. The first-order chi connectivity index (χ1) is 13.0. The summed E-state index contributed by atoms with van der Waals surface area (Å²) in [4.78, 5) is 4.82. The molecular formula is C22H37N3O2. The molecule has 0 bridgehead atoms. The van der Waals surface area contributed by atoms with Gasteiger partial charge in [0.05, 0.1) is 18.2 Å². The number of methoxy groups -OCH3 is 1. The largest absolute Gasteiger partial charge is 0.381 e. The van der Waals surface area contributed by atoms with E-state index < -0.39 is 0 Å². The van der Waals surface area contributed by atoms with Crippen molar-refractivity contribution in [2.24, 2.45) is 10.9 Å². The molecule has 0 radical (unpaired) electrons. The monoisotopic (exact) mass is 375 g/mol. The number of aliphatic imine (C=N–C) groups is 1. The van der Waals surface area contributed by atoms with Crippen LogP contribution in [0.25, 0.3) is 0 Å². The van der Waals surface area contributed by atoms with E-state index in [2.05, 4.69) is 62.6 Å². The molecule has 2 N–H and O–H groups in total. The van der Waals surface area contributed by atoms with Crippen LogP contribution in [0.3, 0.4) is 0 Å². The maximum absolute atomic E-state index is 5.80. The zero-order chi connectivity index (χ0) is 19.7. The number of guanidine groups is 1. The van der Waals surface area contributed by atoms with E-state index >= 15 is 0 Å². The Morgan fingerprint density at radius 1 is 1.19 bits per heavy atom. The summed E-state index contributed by atoms with van der Waals surface area (Å²) >= 11 is 0. The third-order valence-electron chi connectivity index (χ3n) is 5.18. The van der Waals surface area contributed by atoms with Gasteiger partial charge in [-0.2, -0.15) is 0 Å². The zero-order valence-electron chi connectivity index (χ0n) is 17.7. The smallest absolute Gasteiger partial charge is 0.191 e. The summed E-state index contributed by atoms with van der Waals surface area (Å²) in [5.74, 6) is 1.51. The van der Waals surface area contributed by atoms with Gasteiger partial charge in [0.1, 0.15) is 0 Å². The Labute approximate surface area is 164 Å². The summed E-state index contributed by atoms with van der Waals surface area (Å²) in [5, 5.41) is 6.88. The van der Waals surface area contributed by atoms with Crippen LogP contribution in [0.15, 0.2) is 29.3 Å². The minimum absolute atomic E-state index is 0.184. The number of ether oxygens (including phenoxy) is 2. The highest BCUT2D eigenvalue weighted by molar-refractivity contribution is 5.80. The van der Waals surface area contributed by atoms with Gasteiger partial charge in [0.25, 0.3) is 0 Å². The number of hydrogen-bond donors (Lipinski definition) is 2. The molecule has 27 heavy (non-hydrogen) atoms. The maximum Gasteiger partial charge on any atom is 0.191 e. The molecule has 0 amide bonds. The van der Waals surface area contributed by atoms with Crippen LogP contribution in [0, 0.1) is 5.92 Å². The van der Waals surface area contributed by atoms with E-state index in [-0.39, 0.29) is 11.6 Å². The Morgan fingerprint density at radius 3 is 2.41 bits per heavy atom. The second-order valence-electron chi connectivity index (χ2n) is 7.90. The Bertz CT molecular complexity index is 578. The van der Waals surface area contributed by atoms with Crippen molar-refractivity contribution in [3.05, 3.63) is 35.4 Å². The third kappa shape index (κ3) is 6.82. The van der Waals surface area contributed by atoms with Crippen LogP contribution in [-0.4, -0.2) is 45.0 Å². The number of hydrogen-bond acceptors (Lipinski definition) is 3. The fourth-order valence-corrected chi connectivity index (χ4v) is 3.42. The van der Waals surface area contributed by atoms with Crippen molar-refractivity contribution in [1.29, 1.82) is 0 Å². The fourth-order valence-electron chi connectivity index (χ4n) is 3.42. The molecular weight excluding hydrogens is 338 g/mol. The summed E-state index contributed by atoms with van der Waals surface area (Å²) in [6.07, 6.45) is 2.90. The van der Waals surface area contributed by atoms with E-state index in [1.165, 1.54) is 11.1 Å². The number of nitrogens with one attached hydrogen (secondary N) is 2. The molecule has 1 saturated heterocycles. The molecule has 152 valence electrons. The molecule has 1 fully saturated rings. The molecule has 1 aliphatic heterocycles. The molecule has 1 heterocycles. The molecule has 1 unspecified atom stereocenters. The molecule has 1 aromatic carbocycles. The van der Waals surface area contributed by atoms with E-state index in [0.29, 0.717) is 12.5 Å². The Morgan fingerprint density at radius 2 is 1.85 bits per heavy atom. The summed E-state index contributed by atoms with van der Waals surface area (Å²) in [5.41, 5.74) is 2.45. The van der Waals surface area contributed by atoms with Gasteiger partial charge >= 0.3 is 0 Å². The van der Waals surface area contributed by atoms with Gasteiger partial charge in [0, 0.05) is 39.7 Å². The molecule has 0 aromatic heterocycles. The predicted octanol–water partition coefficient (Wildman–Crippen LogP) is 3.70. The van der Waals surface area contributed by atoms with Crippen LogP contribution in [0.1, 0.15) is 57.7 Å². The Balaban J connectivity index is 2.01. The number of rotatable bonds is 8.